The Kier molecular flexibility index (Phi) is 12.3. The number of allylic oxidation sites excluding steroid dienone is 1. The number of carbonyl (C=O) groups excluding carboxylic acids is 2. The molecule has 0 radical (unpaired) electrons. The van der Waals surface area contributed by atoms with Crippen molar-refractivity contribution in [1.29, 1.82) is 0 Å². The average molecular weight is 885 g/mol. The summed E-state index contributed by atoms with van der Waals surface area (Å²) in [7, 11) is 1.48. The van der Waals surface area contributed by atoms with E-state index in [-0.39, 0.29) is 37.2 Å². The summed E-state index contributed by atoms with van der Waals surface area (Å²) >= 11 is 13.7. The number of rotatable bonds is 13. The average Bonchev–Trinajstić information content (AvgIpc) is 3.62. The Morgan fingerprint density at radius 2 is 1.96 bits per heavy atom. The van der Waals surface area contributed by atoms with Gasteiger partial charge in [0.15, 0.2) is 5.60 Å². The molecule has 4 rings (SSSR count). The zero-order valence-corrected chi connectivity index (χ0v) is 30.2. The van der Waals surface area contributed by atoms with Crippen molar-refractivity contribution < 1.29 is 34.2 Å². The fraction of sp³-hybridized carbons (Fsp3) is 0.407. The minimum Gasteiger partial charge on any atom is -0.495 e. The molecule has 8 N–H and O–H groups in total. The second-order valence-electron chi connectivity index (χ2n) is 10.1. The quantitative estimate of drug-likeness (QED) is 0.0669. The highest BCUT2D eigenvalue weighted by Gasteiger charge is 2.50. The Morgan fingerprint density at radius 1 is 1.22 bits per heavy atom. The van der Waals surface area contributed by atoms with Gasteiger partial charge in [-0.2, -0.15) is 0 Å². The van der Waals surface area contributed by atoms with E-state index in [4.69, 9.17) is 20.0 Å². The van der Waals surface area contributed by atoms with Crippen molar-refractivity contribution in [1.82, 2.24) is 21.3 Å². The number of carbonyl (C=O) groups is 2. The standard InChI is InChI=1S/C27H31Br4N7O7/c1-43-22-17(30)10-27(23(39)20(22)31)11-19(38-45-27)25(41)33-4-2-6-44-21-15(28)7-13(8-16(21)29)9-18(37-42)24(40)34-5-3-14-12-35-26(32)36-14/h7-8,10,12,23,26,35-36,39,42H,2-6,9,11,32H2,1H3,(H,33,41)(H,34,40)/b37-18+/t23-,26?,27+/m1/s1. The fourth-order valence-corrected chi connectivity index (χ4v) is 7.91. The van der Waals surface area contributed by atoms with Crippen molar-refractivity contribution >= 4 is 87.0 Å². The number of halogens is 4. The minimum atomic E-state index is -1.23. The highest BCUT2D eigenvalue weighted by molar-refractivity contribution is 9.12. The maximum absolute atomic E-state index is 12.7. The summed E-state index contributed by atoms with van der Waals surface area (Å²) in [6, 6.07) is 3.54. The highest BCUT2D eigenvalue weighted by atomic mass is 79.9. The number of nitrogens with zero attached hydrogens (tertiary/aromatic N) is 2. The molecule has 0 saturated carbocycles. The van der Waals surface area contributed by atoms with Gasteiger partial charge in [0.2, 0.25) is 0 Å². The number of aliphatic hydroxyl groups is 1. The molecule has 0 saturated heterocycles. The smallest absolute Gasteiger partial charge is 0.269 e. The first-order chi connectivity index (χ1) is 21.5. The zero-order valence-electron chi connectivity index (χ0n) is 23.8. The molecule has 3 atom stereocenters. The Labute approximate surface area is 292 Å². The molecule has 1 aliphatic carbocycles. The molecule has 1 spiro atoms. The normalized spacial score (nSPS) is 22.6. The number of aliphatic hydroxyl groups excluding tert-OH is 1. The lowest BCUT2D eigenvalue weighted by atomic mass is 9.87. The van der Waals surface area contributed by atoms with Crippen LogP contribution in [0.4, 0.5) is 0 Å². The maximum atomic E-state index is 12.7. The van der Waals surface area contributed by atoms with E-state index in [9.17, 15) is 19.9 Å². The van der Waals surface area contributed by atoms with Crippen LogP contribution in [-0.4, -0.2) is 78.4 Å². The van der Waals surface area contributed by atoms with E-state index < -0.39 is 23.5 Å². The third kappa shape index (κ3) is 8.59. The van der Waals surface area contributed by atoms with Gasteiger partial charge < -0.3 is 45.9 Å². The topological polar surface area (TPSA) is 201 Å². The van der Waals surface area contributed by atoms with Crippen molar-refractivity contribution in [2.24, 2.45) is 16.0 Å². The van der Waals surface area contributed by atoms with Gasteiger partial charge >= 0.3 is 0 Å². The van der Waals surface area contributed by atoms with E-state index >= 15 is 0 Å². The van der Waals surface area contributed by atoms with E-state index in [0.717, 1.165) is 5.70 Å². The summed E-state index contributed by atoms with van der Waals surface area (Å²) in [5.74, 6) is 0.0682. The predicted octanol–water partition coefficient (Wildman–Crippen LogP) is 2.67. The number of hydrogen-bond donors (Lipinski definition) is 7. The fourth-order valence-electron chi connectivity index (χ4n) is 4.61. The summed E-state index contributed by atoms with van der Waals surface area (Å²) in [5, 5.41) is 38.8. The number of benzene rings is 1. The van der Waals surface area contributed by atoms with Crippen molar-refractivity contribution in [3.63, 3.8) is 0 Å². The van der Waals surface area contributed by atoms with E-state index in [2.05, 4.69) is 95.3 Å². The lowest BCUT2D eigenvalue weighted by Gasteiger charge is -2.33. The lowest BCUT2D eigenvalue weighted by molar-refractivity contribution is -0.115. The summed E-state index contributed by atoms with van der Waals surface area (Å²) in [4.78, 5) is 30.8. The van der Waals surface area contributed by atoms with Crippen LogP contribution >= 0.6 is 63.7 Å². The molecule has 1 aromatic rings. The van der Waals surface area contributed by atoms with Gasteiger partial charge in [-0.15, -0.1) is 0 Å². The first-order valence-electron chi connectivity index (χ1n) is 13.6. The molecule has 2 amide bonds. The molecule has 2 aliphatic heterocycles. The molecule has 18 heteroatoms. The summed E-state index contributed by atoms with van der Waals surface area (Å²) in [6.45, 7) is 0.922. The SMILES string of the molecule is COC1=C(Br)[C@@H](O)[C@]2(C=C1Br)CC(C(=O)NCCCOc1c(Br)cc(C/C(=N\O)C(=O)NCCC3=CNC(N)N3)cc1Br)=NO2. The van der Waals surface area contributed by atoms with Crippen LogP contribution in [0.2, 0.25) is 0 Å². The van der Waals surface area contributed by atoms with Crippen LogP contribution in [0.25, 0.3) is 0 Å². The van der Waals surface area contributed by atoms with Crippen LogP contribution in [0.3, 0.4) is 0 Å². The van der Waals surface area contributed by atoms with Crippen molar-refractivity contribution in [3.05, 3.63) is 59.3 Å². The predicted molar refractivity (Wildman–Crippen MR) is 180 cm³/mol. The second kappa shape index (κ2) is 15.8. The first kappa shape index (κ1) is 35.2. The molecule has 1 aromatic carbocycles. The van der Waals surface area contributed by atoms with E-state index in [1.165, 1.54) is 7.11 Å². The summed E-state index contributed by atoms with van der Waals surface area (Å²) in [5.41, 5.74) is 6.13. The second-order valence-corrected chi connectivity index (χ2v) is 13.5. The maximum Gasteiger partial charge on any atom is 0.269 e. The molecule has 244 valence electrons. The van der Waals surface area contributed by atoms with Gasteiger partial charge in [-0.25, -0.2) is 0 Å². The Hall–Kier alpha value is -2.64. The molecule has 2 heterocycles. The van der Waals surface area contributed by atoms with E-state index in [1.807, 2.05) is 0 Å². The first-order valence-corrected chi connectivity index (χ1v) is 16.8. The molecular formula is C27H31Br4N7O7. The number of nitrogens with one attached hydrogen (secondary N) is 4. The van der Waals surface area contributed by atoms with Gasteiger partial charge in [0.05, 0.1) is 31.6 Å². The number of ether oxygens (including phenoxy) is 2. The van der Waals surface area contributed by atoms with Crippen molar-refractivity contribution in [2.75, 3.05) is 26.8 Å². The summed E-state index contributed by atoms with van der Waals surface area (Å²) in [6.07, 6.45) is 3.10. The van der Waals surface area contributed by atoms with Gasteiger partial charge in [-0.3, -0.25) is 15.3 Å². The van der Waals surface area contributed by atoms with Crippen molar-refractivity contribution in [3.8, 4) is 5.75 Å². The number of oxime groups is 2. The molecule has 0 fully saturated rings. The lowest BCUT2D eigenvalue weighted by Crippen LogP contribution is -2.45. The Bertz CT molecular complexity index is 1460. The van der Waals surface area contributed by atoms with Gasteiger partial charge in [0, 0.05) is 44.2 Å². The molecule has 45 heavy (non-hydrogen) atoms. The Balaban J connectivity index is 1.21. The van der Waals surface area contributed by atoms with Gasteiger partial charge in [0.1, 0.15) is 35.3 Å². The molecule has 1 unspecified atom stereocenters. The van der Waals surface area contributed by atoms with Crippen LogP contribution in [0.5, 0.6) is 5.75 Å². The largest absolute Gasteiger partial charge is 0.495 e. The highest BCUT2D eigenvalue weighted by Crippen LogP contribution is 2.44. The van der Waals surface area contributed by atoms with Crippen LogP contribution in [-0.2, 0) is 25.6 Å². The molecule has 0 aromatic heterocycles. The van der Waals surface area contributed by atoms with E-state index in [0.29, 0.717) is 60.9 Å². The van der Waals surface area contributed by atoms with Crippen LogP contribution in [0, 0.1) is 0 Å². The molecular weight excluding hydrogens is 854 g/mol. The van der Waals surface area contributed by atoms with Crippen LogP contribution < -0.4 is 31.7 Å². The minimum absolute atomic E-state index is 0.0462. The van der Waals surface area contributed by atoms with Gasteiger partial charge in [0.25, 0.3) is 11.8 Å². The third-order valence-corrected chi connectivity index (χ3v) is 9.43. The molecule has 14 nitrogen and oxygen atoms in total. The van der Waals surface area contributed by atoms with E-state index in [1.54, 1.807) is 24.4 Å². The number of hydrogen-bond acceptors (Lipinski definition) is 12. The third-order valence-electron chi connectivity index (χ3n) is 6.87. The zero-order chi connectivity index (χ0) is 32.7. The molecule has 0 bridgehead atoms. The molecule has 3 aliphatic rings. The van der Waals surface area contributed by atoms with Gasteiger partial charge in [-0.05, 0) is 93.9 Å². The van der Waals surface area contributed by atoms with Crippen LogP contribution in [0.15, 0.2) is 64.1 Å². The number of nitrogens with two attached hydrogens (primary N) is 1. The number of methoxy groups -OCH3 is 1. The monoisotopic (exact) mass is 881 g/mol. The summed E-state index contributed by atoms with van der Waals surface area (Å²) < 4.78 is 13.4. The number of amides is 2. The Morgan fingerprint density at radius 3 is 2.60 bits per heavy atom. The van der Waals surface area contributed by atoms with Crippen molar-refractivity contribution in [2.45, 2.75) is 43.7 Å². The van der Waals surface area contributed by atoms with Gasteiger partial charge in [-0.1, -0.05) is 10.3 Å². The van der Waals surface area contributed by atoms with Crippen LogP contribution in [0.1, 0.15) is 24.8 Å².